The van der Waals surface area contributed by atoms with Gasteiger partial charge in [0.1, 0.15) is 5.82 Å². The van der Waals surface area contributed by atoms with Gasteiger partial charge < -0.3 is 9.64 Å². The number of carbonyl (C=O) groups is 1. The predicted molar refractivity (Wildman–Crippen MR) is 149 cm³/mol. The summed E-state index contributed by atoms with van der Waals surface area (Å²) in [6.07, 6.45) is 2.31. The lowest BCUT2D eigenvalue weighted by molar-refractivity contribution is -0.155. The topological polar surface area (TPSA) is 32.8 Å². The zero-order valence-electron chi connectivity index (χ0n) is 22.3. The number of carbonyl (C=O) groups excluding carboxylic acids is 1. The second-order valence-corrected chi connectivity index (χ2v) is 10.2. The summed E-state index contributed by atoms with van der Waals surface area (Å²) in [5, 5.41) is 0. The van der Waals surface area contributed by atoms with Gasteiger partial charge in [-0.1, -0.05) is 61.5 Å². The first-order valence-electron chi connectivity index (χ1n) is 13.5. The maximum absolute atomic E-state index is 13.3. The molecule has 1 atom stereocenters. The number of anilines is 1. The molecule has 3 aromatic carbocycles. The molecule has 0 aromatic heterocycles. The molecule has 0 saturated carbocycles. The number of rotatable bonds is 10. The van der Waals surface area contributed by atoms with Gasteiger partial charge in [-0.2, -0.15) is 0 Å². The zero-order valence-corrected chi connectivity index (χ0v) is 22.3. The Morgan fingerprint density at radius 1 is 0.919 bits per heavy atom. The van der Waals surface area contributed by atoms with Crippen molar-refractivity contribution in [1.29, 1.82) is 0 Å². The van der Waals surface area contributed by atoms with E-state index in [9.17, 15) is 9.18 Å². The van der Waals surface area contributed by atoms with Crippen LogP contribution in [0.5, 0.6) is 0 Å². The van der Waals surface area contributed by atoms with E-state index in [1.165, 1.54) is 17.8 Å². The number of piperazine rings is 1. The lowest BCUT2D eigenvalue weighted by atomic mass is 9.74. The molecular weight excluding hydrogens is 463 g/mol. The third-order valence-corrected chi connectivity index (χ3v) is 7.50. The van der Waals surface area contributed by atoms with Gasteiger partial charge in [0.25, 0.3) is 0 Å². The SMILES string of the molecule is CCC(CCCN1CCN(c2cccc(-c3ccc(F)cc3)c2)CC1)(C(=O)OC(C)C)c1ccccc1. The second-order valence-electron chi connectivity index (χ2n) is 10.2. The number of hydrogen-bond acceptors (Lipinski definition) is 4. The van der Waals surface area contributed by atoms with E-state index in [1.807, 2.05) is 44.2 Å². The van der Waals surface area contributed by atoms with Gasteiger partial charge in [0.2, 0.25) is 0 Å². The van der Waals surface area contributed by atoms with E-state index in [1.54, 1.807) is 0 Å². The zero-order chi connectivity index (χ0) is 26.3. The second kappa shape index (κ2) is 12.4. The van der Waals surface area contributed by atoms with Crippen LogP contribution in [0.3, 0.4) is 0 Å². The molecule has 4 nitrogen and oxygen atoms in total. The molecule has 1 fully saturated rings. The number of benzene rings is 3. The molecule has 0 bridgehead atoms. The summed E-state index contributed by atoms with van der Waals surface area (Å²) in [6.45, 7) is 10.8. The molecule has 1 aliphatic heterocycles. The van der Waals surface area contributed by atoms with Gasteiger partial charge in [-0.3, -0.25) is 9.69 Å². The smallest absolute Gasteiger partial charge is 0.316 e. The van der Waals surface area contributed by atoms with Crippen molar-refractivity contribution in [2.45, 2.75) is 51.6 Å². The summed E-state index contributed by atoms with van der Waals surface area (Å²) in [4.78, 5) is 18.2. The Morgan fingerprint density at radius 2 is 1.62 bits per heavy atom. The monoisotopic (exact) mass is 502 g/mol. The molecule has 0 aliphatic carbocycles. The Hall–Kier alpha value is -3.18. The van der Waals surface area contributed by atoms with E-state index < -0.39 is 5.41 Å². The molecule has 0 N–H and O–H groups in total. The average molecular weight is 503 g/mol. The standard InChI is InChI=1S/C32H39FN2O2/c1-4-32(31(36)37-25(2)3,28-11-6-5-7-12-28)18-9-19-34-20-22-35(23-21-34)30-13-8-10-27(24-30)26-14-16-29(33)17-15-26/h5-8,10-17,24-25H,4,9,18-23H2,1-3H3. The van der Waals surface area contributed by atoms with E-state index in [4.69, 9.17) is 4.74 Å². The summed E-state index contributed by atoms with van der Waals surface area (Å²) in [5.74, 6) is -0.324. The first-order chi connectivity index (χ1) is 17.9. The highest BCUT2D eigenvalue weighted by Crippen LogP contribution is 2.35. The molecule has 3 aromatic rings. The molecule has 1 saturated heterocycles. The van der Waals surface area contributed by atoms with E-state index in [2.05, 4.69) is 53.1 Å². The minimum absolute atomic E-state index is 0.109. The van der Waals surface area contributed by atoms with Crippen LogP contribution in [0.15, 0.2) is 78.9 Å². The average Bonchev–Trinajstić information content (AvgIpc) is 2.92. The van der Waals surface area contributed by atoms with Crippen molar-refractivity contribution in [3.63, 3.8) is 0 Å². The van der Waals surface area contributed by atoms with Gasteiger partial charge in [-0.15, -0.1) is 0 Å². The quantitative estimate of drug-likeness (QED) is 0.289. The fourth-order valence-electron chi connectivity index (χ4n) is 5.33. The Bertz CT molecular complexity index is 1140. The van der Waals surface area contributed by atoms with Crippen molar-refractivity contribution in [3.05, 3.63) is 90.2 Å². The van der Waals surface area contributed by atoms with Crippen LogP contribution in [0.25, 0.3) is 11.1 Å². The minimum Gasteiger partial charge on any atom is -0.462 e. The Kier molecular flexibility index (Phi) is 8.99. The van der Waals surface area contributed by atoms with Crippen LogP contribution in [0.2, 0.25) is 0 Å². The molecule has 4 rings (SSSR count). The number of halogens is 1. The molecule has 1 aliphatic rings. The molecule has 196 valence electrons. The molecule has 1 unspecified atom stereocenters. The molecule has 5 heteroatoms. The fraction of sp³-hybridized carbons (Fsp3) is 0.406. The highest BCUT2D eigenvalue weighted by atomic mass is 19.1. The van der Waals surface area contributed by atoms with Crippen LogP contribution < -0.4 is 4.90 Å². The first-order valence-corrected chi connectivity index (χ1v) is 13.5. The van der Waals surface area contributed by atoms with E-state index in [0.29, 0.717) is 0 Å². The largest absolute Gasteiger partial charge is 0.462 e. The van der Waals surface area contributed by atoms with Crippen molar-refractivity contribution >= 4 is 11.7 Å². The number of ether oxygens (including phenoxy) is 1. The van der Waals surface area contributed by atoms with Crippen LogP contribution in [-0.4, -0.2) is 49.7 Å². The summed E-state index contributed by atoms with van der Waals surface area (Å²) >= 11 is 0. The van der Waals surface area contributed by atoms with Crippen molar-refractivity contribution in [2.75, 3.05) is 37.6 Å². The van der Waals surface area contributed by atoms with Gasteiger partial charge in [-0.05, 0) is 80.6 Å². The number of nitrogens with zero attached hydrogens (tertiary/aromatic N) is 2. The van der Waals surface area contributed by atoms with Crippen molar-refractivity contribution < 1.29 is 13.9 Å². The maximum atomic E-state index is 13.3. The highest BCUT2D eigenvalue weighted by Gasteiger charge is 2.40. The lowest BCUT2D eigenvalue weighted by Crippen LogP contribution is -2.47. The van der Waals surface area contributed by atoms with Crippen molar-refractivity contribution in [3.8, 4) is 11.1 Å². The Morgan fingerprint density at radius 3 is 2.27 bits per heavy atom. The minimum atomic E-state index is -0.603. The van der Waals surface area contributed by atoms with Gasteiger partial charge in [0.05, 0.1) is 11.5 Å². The molecule has 0 amide bonds. The number of esters is 1. The van der Waals surface area contributed by atoms with E-state index >= 15 is 0 Å². The molecule has 37 heavy (non-hydrogen) atoms. The first kappa shape index (κ1) is 26.9. The predicted octanol–water partition coefficient (Wildman–Crippen LogP) is 6.69. The fourth-order valence-corrected chi connectivity index (χ4v) is 5.33. The summed E-state index contributed by atoms with van der Waals surface area (Å²) in [6, 6.07) is 25.3. The Labute approximate surface area is 221 Å². The van der Waals surface area contributed by atoms with Crippen LogP contribution in [-0.2, 0) is 14.9 Å². The molecule has 0 spiro atoms. The van der Waals surface area contributed by atoms with Crippen molar-refractivity contribution in [2.24, 2.45) is 0 Å². The normalized spacial score (nSPS) is 16.0. The van der Waals surface area contributed by atoms with E-state index in [-0.39, 0.29) is 17.9 Å². The Balaban J connectivity index is 1.35. The van der Waals surface area contributed by atoms with Gasteiger partial charge in [0, 0.05) is 31.9 Å². The van der Waals surface area contributed by atoms with Gasteiger partial charge in [0.15, 0.2) is 0 Å². The highest BCUT2D eigenvalue weighted by molar-refractivity contribution is 5.83. The van der Waals surface area contributed by atoms with E-state index in [0.717, 1.165) is 68.7 Å². The number of hydrogen-bond donors (Lipinski definition) is 0. The van der Waals surface area contributed by atoms with Crippen LogP contribution in [0.4, 0.5) is 10.1 Å². The third-order valence-electron chi connectivity index (χ3n) is 7.50. The third kappa shape index (κ3) is 6.58. The van der Waals surface area contributed by atoms with Crippen LogP contribution in [0.1, 0.15) is 45.6 Å². The van der Waals surface area contributed by atoms with Gasteiger partial charge >= 0.3 is 5.97 Å². The molecular formula is C32H39FN2O2. The van der Waals surface area contributed by atoms with Crippen LogP contribution >= 0.6 is 0 Å². The lowest BCUT2D eigenvalue weighted by Gasteiger charge is -2.37. The summed E-state index contributed by atoms with van der Waals surface area (Å²) < 4.78 is 19.1. The molecule has 1 heterocycles. The summed E-state index contributed by atoms with van der Waals surface area (Å²) in [5.41, 5.74) is 3.77. The summed E-state index contributed by atoms with van der Waals surface area (Å²) in [7, 11) is 0. The van der Waals surface area contributed by atoms with Crippen molar-refractivity contribution in [1.82, 2.24) is 4.90 Å². The van der Waals surface area contributed by atoms with Crippen LogP contribution in [0, 0.1) is 5.82 Å². The van der Waals surface area contributed by atoms with Gasteiger partial charge in [-0.25, -0.2) is 4.39 Å². The maximum Gasteiger partial charge on any atom is 0.316 e. The molecule has 0 radical (unpaired) electrons.